The van der Waals surface area contributed by atoms with Crippen LogP contribution < -0.4 is 0 Å². The summed E-state index contributed by atoms with van der Waals surface area (Å²) in [5.74, 6) is -1.71. The summed E-state index contributed by atoms with van der Waals surface area (Å²) in [6.07, 6.45) is 0.0734. The number of benzene rings is 1. The molecule has 0 saturated heterocycles. The summed E-state index contributed by atoms with van der Waals surface area (Å²) >= 11 is 0. The number of carbonyl (C=O) groups excluding carboxylic acids is 1. The highest BCUT2D eigenvalue weighted by Crippen LogP contribution is 2.09. The fourth-order valence-corrected chi connectivity index (χ4v) is 1.38. The van der Waals surface area contributed by atoms with Crippen molar-refractivity contribution < 1.29 is 19.4 Å². The van der Waals surface area contributed by atoms with Gasteiger partial charge in [-0.3, -0.25) is 0 Å². The highest BCUT2D eigenvalue weighted by molar-refractivity contribution is 5.91. The maximum Gasteiger partial charge on any atom is 0.345 e. The van der Waals surface area contributed by atoms with Gasteiger partial charge in [-0.1, -0.05) is 26.0 Å². The van der Waals surface area contributed by atoms with Gasteiger partial charge in [0.1, 0.15) is 0 Å². The first kappa shape index (κ1) is 13.2. The Balaban J connectivity index is 2.72. The van der Waals surface area contributed by atoms with E-state index in [4.69, 9.17) is 9.84 Å². The molecule has 0 bridgehead atoms. The number of ether oxygens (including phenoxy) is 1. The van der Waals surface area contributed by atoms with Crippen molar-refractivity contribution in [2.45, 2.75) is 32.8 Å². The lowest BCUT2D eigenvalue weighted by molar-refractivity contribution is -0.147. The Morgan fingerprint density at radius 2 is 1.82 bits per heavy atom. The van der Waals surface area contributed by atoms with Crippen LogP contribution in [0.1, 0.15) is 36.2 Å². The first-order chi connectivity index (χ1) is 8.08. The number of hydrogen-bond donors (Lipinski definition) is 1. The van der Waals surface area contributed by atoms with Crippen molar-refractivity contribution in [1.29, 1.82) is 0 Å². The largest absolute Gasteiger partial charge is 0.479 e. The van der Waals surface area contributed by atoms with Crippen LogP contribution >= 0.6 is 0 Å². The zero-order valence-corrected chi connectivity index (χ0v) is 9.97. The summed E-state index contributed by atoms with van der Waals surface area (Å²) in [6.45, 7) is 3.68. The minimum Gasteiger partial charge on any atom is -0.479 e. The van der Waals surface area contributed by atoms with Crippen molar-refractivity contribution in [2.75, 3.05) is 0 Å². The molecule has 0 heterocycles. The number of esters is 1. The molecule has 0 amide bonds. The average Bonchev–Trinajstić information content (AvgIpc) is 2.35. The third-order valence-corrected chi connectivity index (χ3v) is 2.49. The van der Waals surface area contributed by atoms with Crippen molar-refractivity contribution in [3.63, 3.8) is 0 Å². The van der Waals surface area contributed by atoms with Gasteiger partial charge in [0.15, 0.2) is 6.10 Å². The normalized spacial score (nSPS) is 11.9. The van der Waals surface area contributed by atoms with Gasteiger partial charge in [-0.15, -0.1) is 0 Å². The predicted molar refractivity (Wildman–Crippen MR) is 63.0 cm³/mol. The van der Waals surface area contributed by atoms with Crippen molar-refractivity contribution in [1.82, 2.24) is 0 Å². The molecular formula is C13H16O4. The van der Waals surface area contributed by atoms with Crippen LogP contribution in [0, 0.1) is 0 Å². The van der Waals surface area contributed by atoms with E-state index in [0.29, 0.717) is 5.56 Å². The minimum absolute atomic E-state index is 0.258. The van der Waals surface area contributed by atoms with Gasteiger partial charge < -0.3 is 9.84 Å². The standard InChI is InChI=1S/C13H16O4/c1-3-9-5-7-10(8-6-9)13(16)17-11(4-2)12(14)15/h5-8,11H,3-4H2,1-2H3,(H,14,15). The molecule has 0 aromatic heterocycles. The van der Waals surface area contributed by atoms with Crippen molar-refractivity contribution >= 4 is 11.9 Å². The van der Waals surface area contributed by atoms with Crippen LogP contribution in [0.2, 0.25) is 0 Å². The summed E-state index contributed by atoms with van der Waals surface area (Å²) in [6, 6.07) is 6.96. The second-order valence-electron chi connectivity index (χ2n) is 3.69. The Morgan fingerprint density at radius 1 is 1.24 bits per heavy atom. The first-order valence-corrected chi connectivity index (χ1v) is 5.61. The molecule has 0 saturated carbocycles. The number of carboxylic acids is 1. The topological polar surface area (TPSA) is 63.6 Å². The van der Waals surface area contributed by atoms with Gasteiger partial charge >= 0.3 is 11.9 Å². The molecule has 1 rings (SSSR count). The van der Waals surface area contributed by atoms with Gasteiger partial charge in [0.2, 0.25) is 0 Å². The van der Waals surface area contributed by atoms with Crippen LogP contribution in [0.15, 0.2) is 24.3 Å². The average molecular weight is 236 g/mol. The molecule has 0 fully saturated rings. The SMILES string of the molecule is CCc1ccc(C(=O)OC(CC)C(=O)O)cc1. The third-order valence-electron chi connectivity index (χ3n) is 2.49. The lowest BCUT2D eigenvalue weighted by Crippen LogP contribution is -2.26. The molecule has 0 spiro atoms. The Kier molecular flexibility index (Phi) is 4.69. The molecule has 4 nitrogen and oxygen atoms in total. The second-order valence-corrected chi connectivity index (χ2v) is 3.69. The van der Waals surface area contributed by atoms with Crippen LogP contribution in [0.25, 0.3) is 0 Å². The molecule has 0 radical (unpaired) electrons. The summed E-state index contributed by atoms with van der Waals surface area (Å²) in [5.41, 5.74) is 1.49. The van der Waals surface area contributed by atoms with E-state index in [1.807, 2.05) is 19.1 Å². The monoisotopic (exact) mass is 236 g/mol. The van der Waals surface area contributed by atoms with Crippen LogP contribution in [-0.2, 0) is 16.0 Å². The predicted octanol–water partition coefficient (Wildman–Crippen LogP) is 2.27. The molecule has 1 aromatic rings. The van der Waals surface area contributed by atoms with E-state index < -0.39 is 18.0 Å². The Hall–Kier alpha value is -1.84. The van der Waals surface area contributed by atoms with E-state index in [9.17, 15) is 9.59 Å². The number of rotatable bonds is 5. The summed E-state index contributed by atoms with van der Waals surface area (Å²) < 4.78 is 4.88. The van der Waals surface area contributed by atoms with Crippen molar-refractivity contribution in [3.8, 4) is 0 Å². The molecule has 0 aliphatic carbocycles. The minimum atomic E-state index is -1.12. The smallest absolute Gasteiger partial charge is 0.345 e. The van der Waals surface area contributed by atoms with Crippen LogP contribution in [0.3, 0.4) is 0 Å². The molecular weight excluding hydrogens is 220 g/mol. The number of aryl methyl sites for hydroxylation is 1. The molecule has 1 N–H and O–H groups in total. The van der Waals surface area contributed by atoms with E-state index in [0.717, 1.165) is 12.0 Å². The number of hydrogen-bond acceptors (Lipinski definition) is 3. The molecule has 1 aromatic carbocycles. The molecule has 92 valence electrons. The van der Waals surface area contributed by atoms with E-state index in [1.165, 1.54) is 0 Å². The number of carboxylic acid groups (broad SMARTS) is 1. The molecule has 1 unspecified atom stereocenters. The zero-order chi connectivity index (χ0) is 12.8. The van der Waals surface area contributed by atoms with Gasteiger partial charge in [-0.25, -0.2) is 9.59 Å². The molecule has 0 aliphatic rings. The van der Waals surface area contributed by atoms with Gasteiger partial charge in [0.05, 0.1) is 5.56 Å². The molecule has 1 atom stereocenters. The van der Waals surface area contributed by atoms with Gasteiger partial charge in [0, 0.05) is 0 Å². The van der Waals surface area contributed by atoms with Crippen molar-refractivity contribution in [2.24, 2.45) is 0 Å². The van der Waals surface area contributed by atoms with Gasteiger partial charge in [-0.05, 0) is 30.5 Å². The van der Waals surface area contributed by atoms with Crippen molar-refractivity contribution in [3.05, 3.63) is 35.4 Å². The fourth-order valence-electron chi connectivity index (χ4n) is 1.38. The molecule has 4 heteroatoms. The first-order valence-electron chi connectivity index (χ1n) is 5.61. The fraction of sp³-hybridized carbons (Fsp3) is 0.385. The van der Waals surface area contributed by atoms with E-state index in [-0.39, 0.29) is 6.42 Å². The second kappa shape index (κ2) is 6.03. The highest BCUT2D eigenvalue weighted by atomic mass is 16.6. The van der Waals surface area contributed by atoms with Crippen LogP contribution in [0.5, 0.6) is 0 Å². The highest BCUT2D eigenvalue weighted by Gasteiger charge is 2.20. The Morgan fingerprint density at radius 3 is 2.24 bits per heavy atom. The maximum atomic E-state index is 11.6. The van der Waals surface area contributed by atoms with Crippen LogP contribution in [0.4, 0.5) is 0 Å². The van der Waals surface area contributed by atoms with Gasteiger partial charge in [0.25, 0.3) is 0 Å². The van der Waals surface area contributed by atoms with Crippen LogP contribution in [-0.4, -0.2) is 23.1 Å². The van der Waals surface area contributed by atoms with E-state index >= 15 is 0 Å². The lowest BCUT2D eigenvalue weighted by Gasteiger charge is -2.11. The molecule has 17 heavy (non-hydrogen) atoms. The lowest BCUT2D eigenvalue weighted by atomic mass is 10.1. The van der Waals surface area contributed by atoms with E-state index in [2.05, 4.69) is 0 Å². The summed E-state index contributed by atoms with van der Waals surface area (Å²) in [5, 5.41) is 8.77. The third kappa shape index (κ3) is 3.59. The van der Waals surface area contributed by atoms with E-state index in [1.54, 1.807) is 19.1 Å². The summed E-state index contributed by atoms with van der Waals surface area (Å²) in [4.78, 5) is 22.4. The Bertz CT molecular complexity index is 394. The molecule has 0 aliphatic heterocycles. The Labute approximate surface area is 100 Å². The zero-order valence-electron chi connectivity index (χ0n) is 9.97. The number of carbonyl (C=O) groups is 2. The number of aliphatic carboxylic acids is 1. The maximum absolute atomic E-state index is 11.6. The quantitative estimate of drug-likeness (QED) is 0.796. The van der Waals surface area contributed by atoms with Gasteiger partial charge in [-0.2, -0.15) is 0 Å². The summed E-state index contributed by atoms with van der Waals surface area (Å²) in [7, 11) is 0.